The fourth-order valence-corrected chi connectivity index (χ4v) is 1.62. The summed E-state index contributed by atoms with van der Waals surface area (Å²) in [6, 6.07) is 0.918. The third-order valence-corrected chi connectivity index (χ3v) is 2.31. The Kier molecular flexibility index (Phi) is 4.83. The molecule has 1 nitrogen and oxygen atoms in total. The van der Waals surface area contributed by atoms with E-state index in [1.54, 1.807) is 0 Å². The molecule has 0 aliphatic heterocycles. The first-order chi connectivity index (χ1) is 6.43. The van der Waals surface area contributed by atoms with Gasteiger partial charge in [-0.15, -0.1) is 11.3 Å². The van der Waals surface area contributed by atoms with Crippen LogP contribution in [0.2, 0.25) is 0 Å². The molecule has 0 bridgehead atoms. The SMILES string of the molecule is CC.CC(=O)c1sccc1C(F)(F)F. The summed E-state index contributed by atoms with van der Waals surface area (Å²) >= 11 is 0.815. The fraction of sp³-hybridized carbons (Fsp3) is 0.444. The summed E-state index contributed by atoms with van der Waals surface area (Å²) in [6.45, 7) is 5.13. The molecule has 0 N–H and O–H groups in total. The number of Topliss-reactive ketones (excluding diaryl/α,β-unsaturated/α-hetero) is 1. The summed E-state index contributed by atoms with van der Waals surface area (Å²) in [5.74, 6) is -0.544. The lowest BCUT2D eigenvalue weighted by Crippen LogP contribution is -2.08. The van der Waals surface area contributed by atoms with Crippen molar-refractivity contribution in [2.45, 2.75) is 26.9 Å². The van der Waals surface area contributed by atoms with Gasteiger partial charge < -0.3 is 0 Å². The maximum atomic E-state index is 12.1. The summed E-state index contributed by atoms with van der Waals surface area (Å²) in [5.41, 5.74) is -0.833. The average Bonchev–Trinajstić information content (AvgIpc) is 2.54. The molecule has 5 heteroatoms. The molecule has 0 atom stereocenters. The summed E-state index contributed by atoms with van der Waals surface area (Å²) in [5, 5.41) is 1.26. The molecule has 14 heavy (non-hydrogen) atoms. The number of hydrogen-bond donors (Lipinski definition) is 0. The van der Waals surface area contributed by atoms with Crippen LogP contribution in [-0.2, 0) is 6.18 Å². The van der Waals surface area contributed by atoms with Crippen molar-refractivity contribution in [2.24, 2.45) is 0 Å². The zero-order valence-corrected chi connectivity index (χ0v) is 8.92. The molecule has 0 spiro atoms. The van der Waals surface area contributed by atoms with Crippen LogP contribution in [-0.4, -0.2) is 5.78 Å². The lowest BCUT2D eigenvalue weighted by atomic mass is 10.2. The van der Waals surface area contributed by atoms with Gasteiger partial charge >= 0.3 is 6.18 Å². The number of hydrogen-bond acceptors (Lipinski definition) is 2. The van der Waals surface area contributed by atoms with E-state index in [-0.39, 0.29) is 4.88 Å². The van der Waals surface area contributed by atoms with E-state index < -0.39 is 17.5 Å². The van der Waals surface area contributed by atoms with Gasteiger partial charge in [0.2, 0.25) is 0 Å². The first-order valence-electron chi connectivity index (χ1n) is 4.08. The maximum absolute atomic E-state index is 12.1. The van der Waals surface area contributed by atoms with Gasteiger partial charge in [0.1, 0.15) is 0 Å². The lowest BCUT2D eigenvalue weighted by molar-refractivity contribution is -0.137. The second-order valence-electron chi connectivity index (χ2n) is 2.22. The third kappa shape index (κ3) is 3.14. The van der Waals surface area contributed by atoms with E-state index in [0.717, 1.165) is 24.3 Å². The number of alkyl halides is 3. The summed E-state index contributed by atoms with van der Waals surface area (Å²) in [7, 11) is 0. The van der Waals surface area contributed by atoms with Gasteiger partial charge in [0.15, 0.2) is 5.78 Å². The van der Waals surface area contributed by atoms with Gasteiger partial charge in [0.25, 0.3) is 0 Å². The topological polar surface area (TPSA) is 17.1 Å². The maximum Gasteiger partial charge on any atom is 0.417 e. The second kappa shape index (κ2) is 5.14. The van der Waals surface area contributed by atoms with Crippen LogP contribution < -0.4 is 0 Å². The standard InChI is InChI=1S/C7H5F3OS.C2H6/c1-4(11)6-5(2-3-12-6)7(8,9)10;1-2/h2-3H,1H3;1-2H3. The molecule has 0 aliphatic rings. The van der Waals surface area contributed by atoms with Gasteiger partial charge in [-0.2, -0.15) is 13.2 Å². The Labute approximate surface area is 84.6 Å². The van der Waals surface area contributed by atoms with E-state index in [1.165, 1.54) is 5.38 Å². The number of rotatable bonds is 1. The zero-order chi connectivity index (χ0) is 11.4. The monoisotopic (exact) mass is 224 g/mol. The molecule has 1 rings (SSSR count). The van der Waals surface area contributed by atoms with Crippen LogP contribution in [0.15, 0.2) is 11.4 Å². The highest BCUT2D eigenvalue weighted by Crippen LogP contribution is 2.34. The van der Waals surface area contributed by atoms with Crippen molar-refractivity contribution in [3.8, 4) is 0 Å². The molecular weight excluding hydrogens is 213 g/mol. The van der Waals surface area contributed by atoms with E-state index in [0.29, 0.717) is 0 Å². The van der Waals surface area contributed by atoms with Crippen molar-refractivity contribution >= 4 is 17.1 Å². The van der Waals surface area contributed by atoms with Gasteiger partial charge in [0.05, 0.1) is 10.4 Å². The van der Waals surface area contributed by atoms with Crippen molar-refractivity contribution in [3.05, 3.63) is 21.9 Å². The largest absolute Gasteiger partial charge is 0.417 e. The van der Waals surface area contributed by atoms with Gasteiger partial charge in [-0.1, -0.05) is 13.8 Å². The Morgan fingerprint density at radius 2 is 1.86 bits per heavy atom. The number of carbonyl (C=O) groups excluding carboxylic acids is 1. The molecule has 0 saturated carbocycles. The van der Waals surface area contributed by atoms with Gasteiger partial charge in [-0.3, -0.25) is 4.79 Å². The molecule has 0 aromatic carbocycles. The number of ketones is 1. The number of carbonyl (C=O) groups is 1. The Balaban J connectivity index is 0.000000791. The first-order valence-corrected chi connectivity index (χ1v) is 4.96. The minimum absolute atomic E-state index is 0.220. The van der Waals surface area contributed by atoms with Gasteiger partial charge in [0, 0.05) is 0 Å². The molecule has 1 aromatic rings. The second-order valence-corrected chi connectivity index (χ2v) is 3.13. The molecule has 80 valence electrons. The highest BCUT2D eigenvalue weighted by Gasteiger charge is 2.35. The fourth-order valence-electron chi connectivity index (χ4n) is 0.805. The average molecular weight is 224 g/mol. The summed E-state index contributed by atoms with van der Waals surface area (Å²) < 4.78 is 36.3. The highest BCUT2D eigenvalue weighted by atomic mass is 32.1. The van der Waals surface area contributed by atoms with Gasteiger partial charge in [-0.05, 0) is 18.4 Å². The van der Waals surface area contributed by atoms with Crippen molar-refractivity contribution in [3.63, 3.8) is 0 Å². The van der Waals surface area contributed by atoms with Crippen molar-refractivity contribution < 1.29 is 18.0 Å². The van der Waals surface area contributed by atoms with Crippen LogP contribution in [0.3, 0.4) is 0 Å². The van der Waals surface area contributed by atoms with Gasteiger partial charge in [-0.25, -0.2) is 0 Å². The Morgan fingerprint density at radius 1 is 1.36 bits per heavy atom. The molecule has 1 aromatic heterocycles. The van der Waals surface area contributed by atoms with E-state index in [9.17, 15) is 18.0 Å². The molecule has 0 saturated heterocycles. The molecule has 0 radical (unpaired) electrons. The summed E-state index contributed by atoms with van der Waals surface area (Å²) in [6.07, 6.45) is -4.42. The van der Waals surface area contributed by atoms with Crippen LogP contribution in [0.4, 0.5) is 13.2 Å². The summed E-state index contributed by atoms with van der Waals surface area (Å²) in [4.78, 5) is 10.5. The predicted octanol–water partition coefficient (Wildman–Crippen LogP) is 4.00. The van der Waals surface area contributed by atoms with Crippen LogP contribution >= 0.6 is 11.3 Å². The quantitative estimate of drug-likeness (QED) is 0.659. The smallest absolute Gasteiger partial charge is 0.294 e. The third-order valence-electron chi connectivity index (χ3n) is 1.29. The molecule has 1 heterocycles. The van der Waals surface area contributed by atoms with E-state index in [4.69, 9.17) is 0 Å². The Bertz CT molecular complexity index is 301. The molecule has 0 amide bonds. The van der Waals surface area contributed by atoms with E-state index in [1.807, 2.05) is 13.8 Å². The van der Waals surface area contributed by atoms with Crippen molar-refractivity contribution in [1.82, 2.24) is 0 Å². The molecule has 0 unspecified atom stereocenters. The first kappa shape index (κ1) is 13.2. The minimum Gasteiger partial charge on any atom is -0.294 e. The molecule has 0 aliphatic carbocycles. The Morgan fingerprint density at radius 3 is 2.14 bits per heavy atom. The zero-order valence-electron chi connectivity index (χ0n) is 8.11. The highest BCUT2D eigenvalue weighted by molar-refractivity contribution is 7.12. The van der Waals surface area contributed by atoms with Crippen molar-refractivity contribution in [1.29, 1.82) is 0 Å². The van der Waals surface area contributed by atoms with Crippen LogP contribution in [0, 0.1) is 0 Å². The number of halogens is 3. The minimum atomic E-state index is -4.42. The predicted molar refractivity (Wildman–Crippen MR) is 50.7 cm³/mol. The van der Waals surface area contributed by atoms with Crippen LogP contribution in [0.25, 0.3) is 0 Å². The normalized spacial score (nSPS) is 10.4. The molecular formula is C9H11F3OS. The van der Waals surface area contributed by atoms with E-state index >= 15 is 0 Å². The van der Waals surface area contributed by atoms with E-state index in [2.05, 4.69) is 0 Å². The van der Waals surface area contributed by atoms with Crippen LogP contribution in [0.5, 0.6) is 0 Å². The lowest BCUT2D eigenvalue weighted by Gasteiger charge is -2.04. The Hall–Kier alpha value is -0.840. The molecule has 0 fully saturated rings. The number of thiophene rings is 1. The van der Waals surface area contributed by atoms with Crippen LogP contribution in [0.1, 0.15) is 36.0 Å². The van der Waals surface area contributed by atoms with Crippen molar-refractivity contribution in [2.75, 3.05) is 0 Å².